The molecule has 0 aromatic heterocycles. The molecule has 0 N–H and O–H groups in total. The molecule has 0 amide bonds. The first-order valence-electron chi connectivity index (χ1n) is 24.1. The number of nitrogens with zero attached hydrogens (tertiary/aromatic N) is 1. The molecule has 0 atom stereocenters. The molecule has 0 radical (unpaired) electrons. The summed E-state index contributed by atoms with van der Waals surface area (Å²) in [5, 5.41) is 0. The molecule has 0 unspecified atom stereocenters. The van der Waals surface area contributed by atoms with Crippen LogP contribution in [-0.4, -0.2) is 0 Å². The van der Waals surface area contributed by atoms with Crippen LogP contribution in [0.5, 0.6) is 0 Å². The van der Waals surface area contributed by atoms with Gasteiger partial charge in [-0.2, -0.15) is 0 Å². The van der Waals surface area contributed by atoms with Gasteiger partial charge in [0.05, 0.1) is 16.8 Å². The fourth-order valence-electron chi connectivity index (χ4n) is 12.8. The van der Waals surface area contributed by atoms with Crippen LogP contribution in [0.15, 0.2) is 237 Å². The highest BCUT2D eigenvalue weighted by Gasteiger charge is 2.46. The van der Waals surface area contributed by atoms with Crippen molar-refractivity contribution in [2.75, 3.05) is 4.90 Å². The molecule has 10 aromatic rings. The Morgan fingerprint density at radius 3 is 1.32 bits per heavy atom. The fraction of sp³-hybridized carbons (Fsp3) is 0.104. The van der Waals surface area contributed by atoms with Gasteiger partial charge in [-0.3, -0.25) is 0 Å². The molecule has 0 saturated heterocycles. The second-order valence-corrected chi connectivity index (χ2v) is 19.9. The number of fused-ring (bicyclic) bond motifs is 9. The standard InChI is InChI=1S/C67H51N/c1-65(2)57-36-17-13-31-54(57)63-51(32-22-38-60(63)65)49-29-14-19-39-61(49)68(62-40-20-15-30-50(62)53-34-21-33-52-47-27-11-16-35-56(47)66(3,4)64(52)53)46-41-42-59-55(43-46)48-28-12-18-37-58(48)67(59,44-23-7-5-8-24-44)45-25-9-6-10-26-45/h5-43H,1-4H3. The van der Waals surface area contributed by atoms with Gasteiger partial charge in [0.2, 0.25) is 0 Å². The number of anilines is 3. The van der Waals surface area contributed by atoms with Gasteiger partial charge in [0.1, 0.15) is 0 Å². The molecule has 3 aliphatic rings. The van der Waals surface area contributed by atoms with Crippen LogP contribution >= 0.6 is 0 Å². The SMILES string of the molecule is CC1(C)c2ccccc2-c2c(-c3ccccc3N(c3ccc4c(c3)-c3ccccc3C4(c3ccccc3)c3ccccc3)c3ccccc3-c3cccc4c3C(C)(C)c3ccccc3-4)cccc21. The van der Waals surface area contributed by atoms with E-state index in [2.05, 4.69) is 269 Å². The van der Waals surface area contributed by atoms with Gasteiger partial charge in [-0.1, -0.05) is 240 Å². The number of rotatable bonds is 7. The Balaban J connectivity index is 1.10. The molecule has 1 nitrogen and oxygen atoms in total. The molecule has 324 valence electrons. The Kier molecular flexibility index (Phi) is 8.89. The van der Waals surface area contributed by atoms with Crippen molar-refractivity contribution in [2.24, 2.45) is 0 Å². The molecular formula is C67H51N. The predicted molar refractivity (Wildman–Crippen MR) is 284 cm³/mol. The lowest BCUT2D eigenvalue weighted by atomic mass is 9.68. The summed E-state index contributed by atoms with van der Waals surface area (Å²) in [6, 6.07) is 88.7. The van der Waals surface area contributed by atoms with E-state index in [0.29, 0.717) is 0 Å². The molecule has 0 saturated carbocycles. The number of benzene rings is 10. The third kappa shape index (κ3) is 5.57. The predicted octanol–water partition coefficient (Wildman–Crippen LogP) is 17.5. The van der Waals surface area contributed by atoms with Crippen molar-refractivity contribution in [3.8, 4) is 55.6 Å². The van der Waals surface area contributed by atoms with Gasteiger partial charge in [0.15, 0.2) is 0 Å². The monoisotopic (exact) mass is 869 g/mol. The van der Waals surface area contributed by atoms with E-state index >= 15 is 0 Å². The summed E-state index contributed by atoms with van der Waals surface area (Å²) in [7, 11) is 0. The fourth-order valence-corrected chi connectivity index (χ4v) is 12.8. The Bertz CT molecular complexity index is 3590. The summed E-state index contributed by atoms with van der Waals surface area (Å²) < 4.78 is 0. The van der Waals surface area contributed by atoms with Gasteiger partial charge in [-0.05, 0) is 113 Å². The lowest BCUT2D eigenvalue weighted by Crippen LogP contribution is -2.28. The average Bonchev–Trinajstić information content (AvgIpc) is 3.92. The first-order valence-corrected chi connectivity index (χ1v) is 24.1. The van der Waals surface area contributed by atoms with E-state index in [1.807, 2.05) is 0 Å². The van der Waals surface area contributed by atoms with E-state index in [1.54, 1.807) is 0 Å². The minimum atomic E-state index is -0.496. The van der Waals surface area contributed by atoms with E-state index in [0.717, 1.165) is 17.1 Å². The zero-order valence-electron chi connectivity index (χ0n) is 39.0. The Morgan fingerprint density at radius 1 is 0.279 bits per heavy atom. The molecule has 0 spiro atoms. The van der Waals surface area contributed by atoms with E-state index in [4.69, 9.17) is 0 Å². The molecule has 13 rings (SSSR count). The number of hydrogen-bond donors (Lipinski definition) is 0. The zero-order valence-corrected chi connectivity index (χ0v) is 39.0. The molecular weight excluding hydrogens is 819 g/mol. The van der Waals surface area contributed by atoms with E-state index in [1.165, 1.54) is 100 Å². The average molecular weight is 870 g/mol. The van der Waals surface area contributed by atoms with Crippen LogP contribution in [0.3, 0.4) is 0 Å². The summed E-state index contributed by atoms with van der Waals surface area (Å²) >= 11 is 0. The Labute approximate surface area is 400 Å². The van der Waals surface area contributed by atoms with Crippen molar-refractivity contribution in [2.45, 2.75) is 43.9 Å². The normalized spacial score (nSPS) is 14.8. The lowest BCUT2D eigenvalue weighted by molar-refractivity contribution is 0.660. The van der Waals surface area contributed by atoms with Gasteiger partial charge >= 0.3 is 0 Å². The highest BCUT2D eigenvalue weighted by Crippen LogP contribution is 2.60. The maximum absolute atomic E-state index is 2.57. The van der Waals surface area contributed by atoms with E-state index in [-0.39, 0.29) is 10.8 Å². The first-order chi connectivity index (χ1) is 33.3. The molecule has 0 heterocycles. The highest BCUT2D eigenvalue weighted by molar-refractivity contribution is 6.02. The summed E-state index contributed by atoms with van der Waals surface area (Å²) in [6.07, 6.45) is 0. The van der Waals surface area contributed by atoms with Crippen LogP contribution < -0.4 is 4.90 Å². The lowest BCUT2D eigenvalue weighted by Gasteiger charge is -2.34. The van der Waals surface area contributed by atoms with Crippen molar-refractivity contribution >= 4 is 17.1 Å². The van der Waals surface area contributed by atoms with Crippen molar-refractivity contribution < 1.29 is 0 Å². The van der Waals surface area contributed by atoms with E-state index in [9.17, 15) is 0 Å². The van der Waals surface area contributed by atoms with E-state index < -0.39 is 5.41 Å². The third-order valence-electron chi connectivity index (χ3n) is 15.8. The minimum absolute atomic E-state index is 0.126. The molecule has 10 aromatic carbocycles. The maximum Gasteiger partial charge on any atom is 0.0713 e. The number of para-hydroxylation sites is 2. The minimum Gasteiger partial charge on any atom is -0.309 e. The Hall–Kier alpha value is -8.00. The van der Waals surface area contributed by atoms with Crippen molar-refractivity contribution in [3.05, 3.63) is 281 Å². The van der Waals surface area contributed by atoms with Crippen molar-refractivity contribution in [1.29, 1.82) is 0 Å². The van der Waals surface area contributed by atoms with Crippen LogP contribution in [0.1, 0.15) is 72.2 Å². The van der Waals surface area contributed by atoms with Crippen LogP contribution in [0, 0.1) is 0 Å². The van der Waals surface area contributed by atoms with Crippen LogP contribution in [0.25, 0.3) is 55.6 Å². The molecule has 1 heteroatoms. The molecule has 0 aliphatic heterocycles. The summed E-state index contributed by atoms with van der Waals surface area (Å²) in [6.45, 7) is 9.55. The summed E-state index contributed by atoms with van der Waals surface area (Å²) in [5.41, 5.74) is 25.9. The van der Waals surface area contributed by atoms with Crippen LogP contribution in [0.4, 0.5) is 17.1 Å². The molecule has 0 fully saturated rings. The second kappa shape index (κ2) is 15.0. The smallest absolute Gasteiger partial charge is 0.0713 e. The molecule has 3 aliphatic carbocycles. The zero-order chi connectivity index (χ0) is 45.8. The van der Waals surface area contributed by atoms with Gasteiger partial charge < -0.3 is 4.90 Å². The quantitative estimate of drug-likeness (QED) is 0.154. The van der Waals surface area contributed by atoms with Crippen molar-refractivity contribution in [3.63, 3.8) is 0 Å². The summed E-state index contributed by atoms with van der Waals surface area (Å²) in [5.74, 6) is 0. The second-order valence-electron chi connectivity index (χ2n) is 19.9. The topological polar surface area (TPSA) is 3.24 Å². The van der Waals surface area contributed by atoms with Gasteiger partial charge in [-0.25, -0.2) is 0 Å². The van der Waals surface area contributed by atoms with Crippen LogP contribution in [-0.2, 0) is 16.2 Å². The molecule has 0 bridgehead atoms. The van der Waals surface area contributed by atoms with Crippen molar-refractivity contribution in [1.82, 2.24) is 0 Å². The van der Waals surface area contributed by atoms with Crippen LogP contribution in [0.2, 0.25) is 0 Å². The number of hydrogen-bond acceptors (Lipinski definition) is 1. The first kappa shape index (κ1) is 40.3. The largest absolute Gasteiger partial charge is 0.309 e. The summed E-state index contributed by atoms with van der Waals surface area (Å²) in [4.78, 5) is 2.57. The molecule has 68 heavy (non-hydrogen) atoms. The highest BCUT2D eigenvalue weighted by atomic mass is 15.1. The third-order valence-corrected chi connectivity index (χ3v) is 15.8. The van der Waals surface area contributed by atoms with Gasteiger partial charge in [-0.15, -0.1) is 0 Å². The van der Waals surface area contributed by atoms with Gasteiger partial charge in [0.25, 0.3) is 0 Å². The maximum atomic E-state index is 2.57. The van der Waals surface area contributed by atoms with Gasteiger partial charge in [0, 0.05) is 27.6 Å². The Morgan fingerprint density at radius 2 is 0.691 bits per heavy atom.